The Hall–Kier alpha value is -4.31. The quantitative estimate of drug-likeness (QED) is 0.219. The van der Waals surface area contributed by atoms with Gasteiger partial charge in [-0.05, 0) is 61.0 Å². The largest absolute Gasteiger partial charge is 0.493 e. The summed E-state index contributed by atoms with van der Waals surface area (Å²) < 4.78 is 44.1. The lowest BCUT2D eigenvalue weighted by Crippen LogP contribution is -2.39. The second-order valence-corrected chi connectivity index (χ2v) is 9.69. The van der Waals surface area contributed by atoms with E-state index in [1.54, 1.807) is 54.6 Å². The molecule has 3 rings (SSSR count). The van der Waals surface area contributed by atoms with E-state index in [1.165, 1.54) is 38.6 Å². The molecule has 9 nitrogen and oxygen atoms in total. The fourth-order valence-electron chi connectivity index (χ4n) is 3.28. The zero-order valence-electron chi connectivity index (χ0n) is 20.9. The molecule has 0 aromatic heterocycles. The van der Waals surface area contributed by atoms with Gasteiger partial charge in [0.15, 0.2) is 11.5 Å². The SMILES string of the molecule is C=CCOc1ccc(/C=N/NC(=O)CN(c2ccc(OC)c(OC)c2)S(=O)(=O)c2ccc(C)cc2)cc1. The highest BCUT2D eigenvalue weighted by Crippen LogP contribution is 2.33. The van der Waals surface area contributed by atoms with Crippen LogP contribution in [0.3, 0.4) is 0 Å². The minimum Gasteiger partial charge on any atom is -0.493 e. The van der Waals surface area contributed by atoms with Gasteiger partial charge in [0.05, 0.1) is 31.0 Å². The zero-order valence-corrected chi connectivity index (χ0v) is 21.7. The van der Waals surface area contributed by atoms with E-state index in [0.29, 0.717) is 23.9 Å². The molecule has 0 radical (unpaired) electrons. The summed E-state index contributed by atoms with van der Waals surface area (Å²) in [6.45, 7) is 5.34. The Kier molecular flexibility index (Phi) is 9.28. The molecule has 10 heteroatoms. The van der Waals surface area contributed by atoms with E-state index >= 15 is 0 Å². The van der Waals surface area contributed by atoms with Crippen molar-refractivity contribution < 1.29 is 27.4 Å². The molecule has 0 aliphatic rings. The molecule has 3 aromatic carbocycles. The number of ether oxygens (including phenoxy) is 3. The smallest absolute Gasteiger partial charge is 0.264 e. The summed E-state index contributed by atoms with van der Waals surface area (Å²) in [7, 11) is -1.17. The van der Waals surface area contributed by atoms with E-state index in [9.17, 15) is 13.2 Å². The van der Waals surface area contributed by atoms with Crippen molar-refractivity contribution in [2.24, 2.45) is 5.10 Å². The molecule has 0 aliphatic carbocycles. The molecule has 1 N–H and O–H groups in total. The molecule has 194 valence electrons. The van der Waals surface area contributed by atoms with Gasteiger partial charge in [-0.25, -0.2) is 13.8 Å². The number of nitrogens with one attached hydrogen (secondary N) is 1. The number of methoxy groups -OCH3 is 2. The first-order chi connectivity index (χ1) is 17.8. The fourth-order valence-corrected chi connectivity index (χ4v) is 4.70. The van der Waals surface area contributed by atoms with Crippen LogP contribution in [0.1, 0.15) is 11.1 Å². The van der Waals surface area contributed by atoms with Crippen molar-refractivity contribution in [3.63, 3.8) is 0 Å². The predicted octanol–water partition coefficient (Wildman–Crippen LogP) is 3.92. The first kappa shape index (κ1) is 27.3. The maximum Gasteiger partial charge on any atom is 0.264 e. The van der Waals surface area contributed by atoms with E-state index < -0.39 is 22.5 Å². The van der Waals surface area contributed by atoms with Crippen LogP contribution < -0.4 is 23.9 Å². The van der Waals surface area contributed by atoms with Crippen molar-refractivity contribution in [1.82, 2.24) is 5.43 Å². The minimum atomic E-state index is -4.10. The van der Waals surface area contributed by atoms with Gasteiger partial charge in [-0.15, -0.1) is 0 Å². The molecule has 0 atom stereocenters. The number of rotatable bonds is 12. The Morgan fingerprint density at radius 3 is 2.30 bits per heavy atom. The molecule has 1 amide bonds. The third-order valence-corrected chi connectivity index (χ3v) is 6.99. The van der Waals surface area contributed by atoms with Gasteiger partial charge in [0.2, 0.25) is 0 Å². The van der Waals surface area contributed by atoms with Gasteiger partial charge in [0.25, 0.3) is 15.9 Å². The molecular formula is C27H29N3O6S. The average molecular weight is 524 g/mol. The van der Waals surface area contributed by atoms with Crippen LogP contribution in [0.25, 0.3) is 0 Å². The van der Waals surface area contributed by atoms with Crippen molar-refractivity contribution in [2.45, 2.75) is 11.8 Å². The number of sulfonamides is 1. The van der Waals surface area contributed by atoms with Crippen LogP contribution in [0.5, 0.6) is 17.2 Å². The lowest BCUT2D eigenvalue weighted by atomic mass is 10.2. The van der Waals surface area contributed by atoms with E-state index in [1.807, 2.05) is 6.92 Å². The first-order valence-corrected chi connectivity index (χ1v) is 12.7. The van der Waals surface area contributed by atoms with Crippen molar-refractivity contribution >= 4 is 27.8 Å². The van der Waals surface area contributed by atoms with E-state index in [0.717, 1.165) is 15.4 Å². The summed E-state index contributed by atoms with van der Waals surface area (Å²) in [4.78, 5) is 12.8. The lowest BCUT2D eigenvalue weighted by molar-refractivity contribution is -0.119. The van der Waals surface area contributed by atoms with Gasteiger partial charge in [-0.3, -0.25) is 9.10 Å². The zero-order chi connectivity index (χ0) is 26.8. The summed E-state index contributed by atoms with van der Waals surface area (Å²) in [5.74, 6) is 0.789. The van der Waals surface area contributed by atoms with Gasteiger partial charge in [-0.2, -0.15) is 5.10 Å². The Bertz CT molecular complexity index is 1350. The Morgan fingerprint density at radius 2 is 1.68 bits per heavy atom. The molecule has 0 bridgehead atoms. The highest BCUT2D eigenvalue weighted by Gasteiger charge is 2.28. The number of hydrogen-bond donors (Lipinski definition) is 1. The van der Waals surface area contributed by atoms with Crippen molar-refractivity contribution in [2.75, 3.05) is 31.7 Å². The number of carbonyl (C=O) groups excluding carboxylic acids is 1. The minimum absolute atomic E-state index is 0.0444. The van der Waals surface area contributed by atoms with Crippen molar-refractivity contribution in [3.05, 3.63) is 90.5 Å². The van der Waals surface area contributed by atoms with Gasteiger partial charge in [-0.1, -0.05) is 30.4 Å². The molecule has 0 spiro atoms. The Morgan fingerprint density at radius 1 is 1.00 bits per heavy atom. The summed E-state index contributed by atoms with van der Waals surface area (Å²) in [6, 6.07) is 18.1. The van der Waals surface area contributed by atoms with Gasteiger partial charge < -0.3 is 14.2 Å². The number of nitrogens with zero attached hydrogens (tertiary/aromatic N) is 2. The summed E-state index contributed by atoms with van der Waals surface area (Å²) in [5, 5.41) is 3.96. The van der Waals surface area contributed by atoms with Gasteiger partial charge >= 0.3 is 0 Å². The maximum absolute atomic E-state index is 13.6. The van der Waals surface area contributed by atoms with E-state index in [2.05, 4.69) is 17.1 Å². The Balaban J connectivity index is 1.83. The van der Waals surface area contributed by atoms with Gasteiger partial charge in [0, 0.05) is 6.07 Å². The molecule has 0 heterocycles. The second kappa shape index (κ2) is 12.6. The third kappa shape index (κ3) is 7.11. The van der Waals surface area contributed by atoms with Crippen LogP contribution >= 0.6 is 0 Å². The molecular weight excluding hydrogens is 494 g/mol. The van der Waals surface area contributed by atoms with Crippen LogP contribution in [-0.4, -0.2) is 47.9 Å². The number of carbonyl (C=O) groups is 1. The number of aryl methyl sites for hydroxylation is 1. The van der Waals surface area contributed by atoms with Gasteiger partial charge in [0.1, 0.15) is 18.9 Å². The van der Waals surface area contributed by atoms with Crippen LogP contribution in [0, 0.1) is 6.92 Å². The molecule has 0 fully saturated rings. The summed E-state index contributed by atoms with van der Waals surface area (Å²) in [6.07, 6.45) is 3.10. The molecule has 0 saturated carbocycles. The molecule has 0 unspecified atom stereocenters. The second-order valence-electron chi connectivity index (χ2n) is 7.83. The highest BCUT2D eigenvalue weighted by molar-refractivity contribution is 7.92. The molecule has 0 saturated heterocycles. The van der Waals surface area contributed by atoms with E-state index in [-0.39, 0.29) is 10.6 Å². The van der Waals surface area contributed by atoms with Crippen LogP contribution in [0.15, 0.2) is 89.4 Å². The summed E-state index contributed by atoms with van der Waals surface area (Å²) in [5.41, 5.74) is 4.24. The molecule has 3 aromatic rings. The molecule has 0 aliphatic heterocycles. The maximum atomic E-state index is 13.6. The number of hydrazone groups is 1. The standard InChI is InChI=1S/C27H29N3O6S/c1-5-16-36-23-11-8-21(9-12-23)18-28-29-27(31)19-30(22-10-15-25(34-3)26(17-22)35-4)37(32,33)24-13-6-20(2)7-14-24/h5-15,17-18H,1,16,19H2,2-4H3,(H,29,31)/b28-18+. The predicted molar refractivity (Wildman–Crippen MR) is 143 cm³/mol. The van der Waals surface area contributed by atoms with Crippen molar-refractivity contribution in [1.29, 1.82) is 0 Å². The number of hydrogen-bond acceptors (Lipinski definition) is 7. The first-order valence-electron chi connectivity index (χ1n) is 11.3. The van der Waals surface area contributed by atoms with Crippen molar-refractivity contribution in [3.8, 4) is 17.2 Å². The monoisotopic (exact) mass is 523 g/mol. The Labute approximate surface area is 217 Å². The molecule has 37 heavy (non-hydrogen) atoms. The lowest BCUT2D eigenvalue weighted by Gasteiger charge is -2.24. The number of benzene rings is 3. The number of amides is 1. The van der Waals surface area contributed by atoms with Crippen LogP contribution in [0.4, 0.5) is 5.69 Å². The highest BCUT2D eigenvalue weighted by atomic mass is 32.2. The third-order valence-electron chi connectivity index (χ3n) is 5.20. The number of anilines is 1. The van der Waals surface area contributed by atoms with Crippen LogP contribution in [0.2, 0.25) is 0 Å². The average Bonchev–Trinajstić information content (AvgIpc) is 2.91. The van der Waals surface area contributed by atoms with E-state index in [4.69, 9.17) is 14.2 Å². The topological polar surface area (TPSA) is 107 Å². The fraction of sp³-hybridized carbons (Fsp3) is 0.185. The van der Waals surface area contributed by atoms with Crippen LogP contribution in [-0.2, 0) is 14.8 Å². The normalized spacial score (nSPS) is 11.1. The summed E-state index contributed by atoms with van der Waals surface area (Å²) >= 11 is 0.